The molecule has 1 saturated carbocycles. The van der Waals surface area contributed by atoms with Crippen LogP contribution >= 0.6 is 24.0 Å². The molecule has 1 saturated heterocycles. The van der Waals surface area contributed by atoms with Gasteiger partial charge in [0.15, 0.2) is 11.6 Å². The number of likely N-dealkylation sites (tertiary alicyclic amines) is 1. The molecule has 1 aliphatic heterocycles. The van der Waals surface area contributed by atoms with E-state index in [0.29, 0.717) is 35.9 Å². The number of amides is 1. The Kier molecular flexibility index (Phi) is 8.32. The zero-order valence-corrected chi connectivity index (χ0v) is 20.5. The van der Waals surface area contributed by atoms with Crippen LogP contribution in [0.1, 0.15) is 49.7 Å². The van der Waals surface area contributed by atoms with Gasteiger partial charge < -0.3 is 10.2 Å². The molecule has 1 heterocycles. The van der Waals surface area contributed by atoms with Crippen molar-refractivity contribution >= 4 is 40.0 Å². The topological polar surface area (TPSA) is 49.4 Å². The summed E-state index contributed by atoms with van der Waals surface area (Å²) in [5.74, 6) is -0.935. The second-order valence-electron chi connectivity index (χ2n) is 9.02. The van der Waals surface area contributed by atoms with Crippen LogP contribution in [0.2, 0.25) is 0 Å². The number of hydrogen-bond donors (Lipinski definition) is 1. The van der Waals surface area contributed by atoms with Crippen LogP contribution in [0, 0.1) is 17.6 Å². The summed E-state index contributed by atoms with van der Waals surface area (Å²) in [5, 5.41) is 2.93. The van der Waals surface area contributed by atoms with Crippen molar-refractivity contribution in [3.8, 4) is 0 Å². The highest BCUT2D eigenvalue weighted by Gasteiger charge is 2.34. The predicted octanol–water partition coefficient (Wildman–Crippen LogP) is 5.39. The number of nitrogens with one attached hydrogen (secondary N) is 1. The first-order chi connectivity index (χ1) is 16.4. The molecule has 2 aliphatic rings. The van der Waals surface area contributed by atoms with Gasteiger partial charge in [-0.05, 0) is 36.8 Å². The lowest BCUT2D eigenvalue weighted by Crippen LogP contribution is -2.43. The van der Waals surface area contributed by atoms with Gasteiger partial charge in [-0.15, -0.1) is 0 Å². The molecule has 1 N–H and O–H groups in total. The molecule has 1 aliphatic carbocycles. The summed E-state index contributed by atoms with van der Waals surface area (Å²) in [4.78, 5) is 28.3. The molecule has 0 radical (unpaired) electrons. The van der Waals surface area contributed by atoms with Gasteiger partial charge in [0.05, 0.1) is 11.0 Å². The molecule has 4 nitrogen and oxygen atoms in total. The third kappa shape index (κ3) is 6.63. The summed E-state index contributed by atoms with van der Waals surface area (Å²) in [6, 6.07) is 13.1. The highest BCUT2D eigenvalue weighted by molar-refractivity contribution is 8.13. The normalized spacial score (nSPS) is 18.7. The van der Waals surface area contributed by atoms with E-state index in [1.807, 2.05) is 35.2 Å². The van der Waals surface area contributed by atoms with Crippen LogP contribution in [0.5, 0.6) is 0 Å². The maximum Gasteiger partial charge on any atom is 0.222 e. The molecule has 2 atom stereocenters. The number of rotatable bonds is 10. The molecule has 1 amide bonds. The number of thiocarbonyl (C=S) groups is 1. The van der Waals surface area contributed by atoms with E-state index in [0.717, 1.165) is 24.5 Å². The van der Waals surface area contributed by atoms with Gasteiger partial charge in [-0.1, -0.05) is 79.3 Å². The summed E-state index contributed by atoms with van der Waals surface area (Å²) in [6.45, 7) is 0.123. The quantitative estimate of drug-likeness (QED) is 0.442. The maximum atomic E-state index is 14.2. The summed E-state index contributed by atoms with van der Waals surface area (Å²) >= 11 is 6.68. The first-order valence-corrected chi connectivity index (χ1v) is 13.0. The van der Waals surface area contributed by atoms with Crippen LogP contribution in [0.25, 0.3) is 0 Å². The van der Waals surface area contributed by atoms with Gasteiger partial charge in [0.25, 0.3) is 0 Å². The van der Waals surface area contributed by atoms with Crippen molar-refractivity contribution in [3.05, 3.63) is 71.3 Å². The Morgan fingerprint density at radius 3 is 2.59 bits per heavy atom. The number of halogens is 2. The molecule has 8 heteroatoms. The minimum atomic E-state index is -0.897. The Balaban J connectivity index is 1.35. The molecule has 4 rings (SSSR count). The van der Waals surface area contributed by atoms with E-state index >= 15 is 0 Å². The second kappa shape index (κ2) is 11.4. The number of hydrogen-bond acceptors (Lipinski definition) is 4. The molecule has 2 aromatic rings. The summed E-state index contributed by atoms with van der Waals surface area (Å²) in [5.41, 5.74) is 1.28. The Morgan fingerprint density at radius 2 is 1.85 bits per heavy atom. The standard InChI is InChI=1S/C26H28F2N2O2S2/c27-21-8-4-7-19(25(21)28)15-30-20(11-12-24(30)33)14-23(31)29-22(13-17-9-10-17)26(32)34-16-18-5-2-1-3-6-18/h1-8,17,20,22H,9-16H2,(H,29,31)/t20-,22-/m0/s1. The van der Waals surface area contributed by atoms with Crippen LogP contribution in [-0.2, 0) is 21.9 Å². The van der Waals surface area contributed by atoms with Crippen LogP contribution in [0.4, 0.5) is 8.78 Å². The number of carbonyl (C=O) groups excluding carboxylic acids is 2. The van der Waals surface area contributed by atoms with Crippen LogP contribution in [0.3, 0.4) is 0 Å². The monoisotopic (exact) mass is 502 g/mol. The SMILES string of the molecule is O=C(C[C@@H]1CCC(=S)N1Cc1cccc(F)c1F)N[C@@H](CC1CC1)C(=O)SCc1ccccc1. The molecule has 0 bridgehead atoms. The maximum absolute atomic E-state index is 14.2. The van der Waals surface area contributed by atoms with Gasteiger partial charge in [0.2, 0.25) is 11.0 Å². The predicted molar refractivity (Wildman–Crippen MR) is 134 cm³/mol. The summed E-state index contributed by atoms with van der Waals surface area (Å²) in [7, 11) is 0. The van der Waals surface area contributed by atoms with Crippen molar-refractivity contribution < 1.29 is 18.4 Å². The first kappa shape index (κ1) is 24.8. The van der Waals surface area contributed by atoms with Gasteiger partial charge in [0, 0.05) is 30.3 Å². The smallest absolute Gasteiger partial charge is 0.222 e. The fourth-order valence-corrected chi connectivity index (χ4v) is 5.46. The van der Waals surface area contributed by atoms with E-state index in [1.165, 1.54) is 23.9 Å². The minimum Gasteiger partial charge on any atom is -0.358 e. The lowest BCUT2D eigenvalue weighted by molar-refractivity contribution is -0.125. The van der Waals surface area contributed by atoms with Crippen molar-refractivity contribution in [3.63, 3.8) is 0 Å². The van der Waals surface area contributed by atoms with Crippen LogP contribution in [0.15, 0.2) is 48.5 Å². The van der Waals surface area contributed by atoms with Gasteiger partial charge >= 0.3 is 0 Å². The van der Waals surface area contributed by atoms with Crippen molar-refractivity contribution in [1.82, 2.24) is 10.2 Å². The first-order valence-electron chi connectivity index (χ1n) is 11.6. The Bertz CT molecular complexity index is 1050. The summed E-state index contributed by atoms with van der Waals surface area (Å²) in [6.07, 6.45) is 4.30. The molecule has 0 aromatic heterocycles. The third-order valence-corrected chi connectivity index (χ3v) is 7.84. The number of thioether (sulfide) groups is 1. The largest absolute Gasteiger partial charge is 0.358 e. The van der Waals surface area contributed by atoms with Crippen molar-refractivity contribution in [2.45, 2.75) is 62.9 Å². The van der Waals surface area contributed by atoms with Crippen molar-refractivity contribution in [1.29, 1.82) is 0 Å². The van der Waals surface area contributed by atoms with E-state index in [2.05, 4.69) is 5.32 Å². The lowest BCUT2D eigenvalue weighted by atomic mass is 10.1. The highest BCUT2D eigenvalue weighted by atomic mass is 32.2. The molecule has 2 fully saturated rings. The Hall–Kier alpha value is -2.32. The zero-order valence-electron chi connectivity index (χ0n) is 18.8. The van der Waals surface area contributed by atoms with E-state index in [-0.39, 0.29) is 35.6 Å². The van der Waals surface area contributed by atoms with Crippen molar-refractivity contribution in [2.75, 3.05) is 0 Å². The second-order valence-corrected chi connectivity index (χ2v) is 10.5. The van der Waals surface area contributed by atoms with E-state index in [9.17, 15) is 18.4 Å². The van der Waals surface area contributed by atoms with E-state index in [1.54, 1.807) is 0 Å². The zero-order chi connectivity index (χ0) is 24.1. The third-order valence-electron chi connectivity index (χ3n) is 6.36. The fourth-order valence-electron chi connectivity index (χ4n) is 4.27. The van der Waals surface area contributed by atoms with Crippen LogP contribution in [-0.4, -0.2) is 33.0 Å². The molecular formula is C26H28F2N2O2S2. The molecule has 0 unspecified atom stereocenters. The minimum absolute atomic E-state index is 0.0234. The molecule has 0 spiro atoms. The molecule has 180 valence electrons. The average Bonchev–Trinajstić information content (AvgIpc) is 3.59. The van der Waals surface area contributed by atoms with Gasteiger partial charge in [-0.3, -0.25) is 9.59 Å². The molecule has 2 aromatic carbocycles. The number of nitrogens with zero attached hydrogens (tertiary/aromatic N) is 1. The Morgan fingerprint density at radius 1 is 1.09 bits per heavy atom. The summed E-state index contributed by atoms with van der Waals surface area (Å²) < 4.78 is 27.8. The number of benzene rings is 2. The number of carbonyl (C=O) groups is 2. The van der Waals surface area contributed by atoms with Gasteiger partial charge in [-0.25, -0.2) is 8.78 Å². The van der Waals surface area contributed by atoms with Crippen LogP contribution < -0.4 is 5.32 Å². The highest BCUT2D eigenvalue weighted by Crippen LogP contribution is 2.35. The lowest BCUT2D eigenvalue weighted by Gasteiger charge is -2.27. The van der Waals surface area contributed by atoms with Crippen molar-refractivity contribution in [2.24, 2.45) is 5.92 Å². The Labute approximate surface area is 208 Å². The molecule has 34 heavy (non-hydrogen) atoms. The van der Waals surface area contributed by atoms with Gasteiger partial charge in [-0.2, -0.15) is 0 Å². The van der Waals surface area contributed by atoms with E-state index in [4.69, 9.17) is 12.2 Å². The molecular weight excluding hydrogens is 474 g/mol. The van der Waals surface area contributed by atoms with Gasteiger partial charge in [0.1, 0.15) is 0 Å². The average molecular weight is 503 g/mol. The van der Waals surface area contributed by atoms with E-state index < -0.39 is 17.7 Å². The fraction of sp³-hybridized carbons (Fsp3) is 0.423.